The second-order valence-corrected chi connectivity index (χ2v) is 6.20. The molecule has 19 heavy (non-hydrogen) atoms. The van der Waals surface area contributed by atoms with Gasteiger partial charge in [-0.2, -0.15) is 0 Å². The van der Waals surface area contributed by atoms with Crippen LogP contribution in [0.25, 0.3) is 11.0 Å². The van der Waals surface area contributed by atoms with Crippen LogP contribution in [0.2, 0.25) is 0 Å². The molecular weight excluding hydrogens is 322 g/mol. The van der Waals surface area contributed by atoms with E-state index < -0.39 is 0 Å². The third kappa shape index (κ3) is 2.98. The molecule has 0 fully saturated rings. The molecule has 2 heterocycles. The van der Waals surface area contributed by atoms with Crippen LogP contribution in [0.4, 0.5) is 0 Å². The number of hydrogen-bond donors (Lipinski definition) is 1. The number of thioether (sulfide) groups is 1. The number of rotatable bonds is 3. The van der Waals surface area contributed by atoms with Gasteiger partial charge in [-0.3, -0.25) is 4.98 Å². The van der Waals surface area contributed by atoms with Crippen LogP contribution in [-0.2, 0) is 5.75 Å². The number of fused-ring (bicyclic) bond motifs is 1. The van der Waals surface area contributed by atoms with Crippen LogP contribution in [-0.4, -0.2) is 15.0 Å². The van der Waals surface area contributed by atoms with E-state index >= 15 is 0 Å². The minimum atomic E-state index is 0.812. The van der Waals surface area contributed by atoms with Crippen molar-refractivity contribution in [2.45, 2.75) is 17.8 Å². The fourth-order valence-electron chi connectivity index (χ4n) is 1.80. The number of aromatic nitrogens is 3. The fraction of sp³-hybridized carbons (Fsp3) is 0.143. The molecule has 0 aliphatic rings. The zero-order chi connectivity index (χ0) is 13.2. The number of aryl methyl sites for hydroxylation is 1. The summed E-state index contributed by atoms with van der Waals surface area (Å²) in [6.45, 7) is 2.08. The average molecular weight is 334 g/mol. The molecule has 0 saturated heterocycles. The highest BCUT2D eigenvalue weighted by atomic mass is 79.9. The molecule has 96 valence electrons. The van der Waals surface area contributed by atoms with Crippen molar-refractivity contribution in [2.24, 2.45) is 0 Å². The lowest BCUT2D eigenvalue weighted by atomic mass is 10.2. The molecule has 0 bridgehead atoms. The lowest BCUT2D eigenvalue weighted by Gasteiger charge is -1.98. The van der Waals surface area contributed by atoms with Gasteiger partial charge in [0.1, 0.15) is 0 Å². The van der Waals surface area contributed by atoms with Crippen LogP contribution in [0.15, 0.2) is 46.2 Å². The van der Waals surface area contributed by atoms with Crippen molar-refractivity contribution in [1.29, 1.82) is 0 Å². The highest BCUT2D eigenvalue weighted by molar-refractivity contribution is 9.10. The molecule has 0 atom stereocenters. The summed E-state index contributed by atoms with van der Waals surface area (Å²) in [5, 5.41) is 0.935. The van der Waals surface area contributed by atoms with E-state index in [0.717, 1.165) is 32.1 Å². The number of aromatic amines is 1. The monoisotopic (exact) mass is 333 g/mol. The van der Waals surface area contributed by atoms with Gasteiger partial charge in [0, 0.05) is 16.4 Å². The number of benzene rings is 1. The molecule has 3 aromatic rings. The predicted octanol–water partition coefficient (Wildman–Crippen LogP) is 4.32. The predicted molar refractivity (Wildman–Crippen MR) is 82.3 cm³/mol. The maximum Gasteiger partial charge on any atom is 0.166 e. The summed E-state index contributed by atoms with van der Waals surface area (Å²) < 4.78 is 1.00. The summed E-state index contributed by atoms with van der Waals surface area (Å²) in [4.78, 5) is 12.2. The van der Waals surface area contributed by atoms with Gasteiger partial charge in [0.2, 0.25) is 0 Å². The van der Waals surface area contributed by atoms with Crippen molar-refractivity contribution in [3.8, 4) is 0 Å². The SMILES string of the molecule is Cc1ccc2nc(SCc3ccc(Br)cn3)[nH]c2c1. The normalized spacial score (nSPS) is 11.1. The van der Waals surface area contributed by atoms with E-state index in [9.17, 15) is 0 Å². The molecule has 0 aliphatic heterocycles. The fourth-order valence-corrected chi connectivity index (χ4v) is 2.84. The van der Waals surface area contributed by atoms with E-state index in [1.54, 1.807) is 11.8 Å². The van der Waals surface area contributed by atoms with Crippen molar-refractivity contribution in [1.82, 2.24) is 15.0 Å². The zero-order valence-corrected chi connectivity index (χ0v) is 12.8. The Morgan fingerprint density at radius 1 is 1.26 bits per heavy atom. The first kappa shape index (κ1) is 12.7. The van der Waals surface area contributed by atoms with Gasteiger partial charge in [0.25, 0.3) is 0 Å². The standard InChI is InChI=1S/C14H12BrN3S/c1-9-2-5-12-13(6-9)18-14(17-12)19-8-11-4-3-10(15)7-16-11/h2-7H,8H2,1H3,(H,17,18). The third-order valence-electron chi connectivity index (χ3n) is 2.76. The molecule has 3 rings (SSSR count). The Morgan fingerprint density at radius 3 is 2.95 bits per heavy atom. The van der Waals surface area contributed by atoms with Gasteiger partial charge >= 0.3 is 0 Å². The van der Waals surface area contributed by atoms with Crippen LogP contribution < -0.4 is 0 Å². The molecule has 2 aromatic heterocycles. The first-order valence-electron chi connectivity index (χ1n) is 5.90. The van der Waals surface area contributed by atoms with Gasteiger partial charge in [-0.25, -0.2) is 4.98 Å². The molecule has 0 spiro atoms. The molecule has 3 nitrogen and oxygen atoms in total. The average Bonchev–Trinajstić information content (AvgIpc) is 2.80. The van der Waals surface area contributed by atoms with Gasteiger partial charge in [0.15, 0.2) is 5.16 Å². The highest BCUT2D eigenvalue weighted by Gasteiger charge is 2.04. The van der Waals surface area contributed by atoms with Crippen molar-refractivity contribution in [3.05, 3.63) is 52.3 Å². The van der Waals surface area contributed by atoms with Crippen LogP contribution in [0, 0.1) is 6.92 Å². The van der Waals surface area contributed by atoms with Gasteiger partial charge in [0.05, 0.1) is 16.7 Å². The molecule has 5 heteroatoms. The Morgan fingerprint density at radius 2 is 2.16 bits per heavy atom. The highest BCUT2D eigenvalue weighted by Crippen LogP contribution is 2.23. The summed E-state index contributed by atoms with van der Waals surface area (Å²) in [6.07, 6.45) is 1.82. The largest absolute Gasteiger partial charge is 0.333 e. The van der Waals surface area contributed by atoms with Gasteiger partial charge in [-0.1, -0.05) is 17.8 Å². The quantitative estimate of drug-likeness (QED) is 0.725. The van der Waals surface area contributed by atoms with Gasteiger partial charge in [-0.15, -0.1) is 0 Å². The van der Waals surface area contributed by atoms with E-state index in [2.05, 4.69) is 49.9 Å². The van der Waals surface area contributed by atoms with E-state index in [1.165, 1.54) is 5.56 Å². The molecular formula is C14H12BrN3S. The van der Waals surface area contributed by atoms with Gasteiger partial charge < -0.3 is 4.98 Å². The number of hydrogen-bond acceptors (Lipinski definition) is 3. The molecule has 0 radical (unpaired) electrons. The summed E-state index contributed by atoms with van der Waals surface area (Å²) in [7, 11) is 0. The van der Waals surface area contributed by atoms with Gasteiger partial charge in [-0.05, 0) is 52.7 Å². The molecule has 0 saturated carbocycles. The topological polar surface area (TPSA) is 41.6 Å². The first-order chi connectivity index (χ1) is 9.20. The van der Waals surface area contributed by atoms with Crippen LogP contribution in [0.1, 0.15) is 11.3 Å². The second kappa shape index (κ2) is 5.35. The zero-order valence-electron chi connectivity index (χ0n) is 10.4. The Kier molecular flexibility index (Phi) is 3.57. The smallest absolute Gasteiger partial charge is 0.166 e. The van der Waals surface area contributed by atoms with E-state index in [4.69, 9.17) is 0 Å². The Bertz CT molecular complexity index is 706. The Labute approximate surface area is 124 Å². The molecule has 0 unspecified atom stereocenters. The lowest BCUT2D eigenvalue weighted by Crippen LogP contribution is -1.86. The Balaban J connectivity index is 1.76. The third-order valence-corrected chi connectivity index (χ3v) is 4.14. The minimum absolute atomic E-state index is 0.812. The maximum atomic E-state index is 4.56. The molecule has 0 amide bonds. The number of imidazole rings is 1. The van der Waals surface area contributed by atoms with Crippen molar-refractivity contribution in [2.75, 3.05) is 0 Å². The summed E-state index contributed by atoms with van der Waals surface area (Å²) in [5.41, 5.74) is 4.38. The molecule has 1 aromatic carbocycles. The summed E-state index contributed by atoms with van der Waals surface area (Å²) in [5.74, 6) is 0.812. The second-order valence-electron chi connectivity index (χ2n) is 4.32. The molecule has 0 aliphatic carbocycles. The maximum absolute atomic E-state index is 4.56. The first-order valence-corrected chi connectivity index (χ1v) is 7.68. The van der Waals surface area contributed by atoms with E-state index in [1.807, 2.05) is 24.4 Å². The number of nitrogens with one attached hydrogen (secondary N) is 1. The number of H-pyrrole nitrogens is 1. The van der Waals surface area contributed by atoms with Crippen LogP contribution >= 0.6 is 27.7 Å². The number of nitrogens with zero attached hydrogens (tertiary/aromatic N) is 2. The minimum Gasteiger partial charge on any atom is -0.333 e. The van der Waals surface area contributed by atoms with Crippen LogP contribution in [0.3, 0.4) is 0 Å². The molecule has 1 N–H and O–H groups in total. The van der Waals surface area contributed by atoms with Crippen molar-refractivity contribution >= 4 is 38.7 Å². The summed E-state index contributed by atoms with van der Waals surface area (Å²) in [6, 6.07) is 10.3. The van der Waals surface area contributed by atoms with Crippen LogP contribution in [0.5, 0.6) is 0 Å². The van der Waals surface area contributed by atoms with E-state index in [0.29, 0.717) is 0 Å². The Hall–Kier alpha value is -1.33. The summed E-state index contributed by atoms with van der Waals surface area (Å²) >= 11 is 5.05. The van der Waals surface area contributed by atoms with Crippen molar-refractivity contribution in [3.63, 3.8) is 0 Å². The van der Waals surface area contributed by atoms with Crippen molar-refractivity contribution < 1.29 is 0 Å². The van der Waals surface area contributed by atoms with E-state index in [-0.39, 0.29) is 0 Å². The number of halogens is 1. The lowest BCUT2D eigenvalue weighted by molar-refractivity contribution is 1.07. The number of pyridine rings is 1.